The predicted octanol–water partition coefficient (Wildman–Crippen LogP) is 1.87. The summed E-state index contributed by atoms with van der Waals surface area (Å²) >= 11 is 0. The Bertz CT molecular complexity index is 378. The second kappa shape index (κ2) is 5.36. The van der Waals surface area contributed by atoms with Gasteiger partial charge in [-0.1, -0.05) is 6.92 Å². The van der Waals surface area contributed by atoms with Gasteiger partial charge in [0.25, 0.3) is 0 Å². The third-order valence-electron chi connectivity index (χ3n) is 3.39. The first-order valence-corrected chi connectivity index (χ1v) is 6.40. The van der Waals surface area contributed by atoms with Crippen LogP contribution in [0.4, 0.5) is 11.5 Å². The van der Waals surface area contributed by atoms with Crippen LogP contribution >= 0.6 is 0 Å². The lowest BCUT2D eigenvalue weighted by molar-refractivity contribution is 0.226. The highest BCUT2D eigenvalue weighted by Crippen LogP contribution is 2.18. The SMILES string of the molecule is CCN1CCCC(Nc2ncc(N)cc2C)C1. The number of aromatic nitrogens is 1. The molecule has 0 saturated carbocycles. The van der Waals surface area contributed by atoms with Gasteiger partial charge in [0.1, 0.15) is 5.82 Å². The highest BCUT2D eigenvalue weighted by Gasteiger charge is 2.19. The van der Waals surface area contributed by atoms with Gasteiger partial charge in [0.15, 0.2) is 0 Å². The van der Waals surface area contributed by atoms with Crippen LogP contribution in [0.15, 0.2) is 12.3 Å². The normalized spacial score (nSPS) is 21.4. The number of hydrogen-bond acceptors (Lipinski definition) is 4. The molecular weight excluding hydrogens is 212 g/mol. The second-order valence-electron chi connectivity index (χ2n) is 4.81. The molecule has 1 aliphatic heterocycles. The summed E-state index contributed by atoms with van der Waals surface area (Å²) < 4.78 is 0. The summed E-state index contributed by atoms with van der Waals surface area (Å²) in [5, 5.41) is 3.53. The van der Waals surface area contributed by atoms with E-state index < -0.39 is 0 Å². The quantitative estimate of drug-likeness (QED) is 0.838. The summed E-state index contributed by atoms with van der Waals surface area (Å²) in [4.78, 5) is 6.85. The number of nitrogens with two attached hydrogens (primary N) is 1. The van der Waals surface area contributed by atoms with E-state index in [1.54, 1.807) is 6.20 Å². The zero-order valence-electron chi connectivity index (χ0n) is 10.7. The Balaban J connectivity index is 2.00. The molecule has 1 aliphatic rings. The molecule has 2 rings (SSSR count). The van der Waals surface area contributed by atoms with Gasteiger partial charge in [0, 0.05) is 12.6 Å². The van der Waals surface area contributed by atoms with E-state index in [2.05, 4.69) is 22.1 Å². The van der Waals surface area contributed by atoms with Crippen molar-refractivity contribution in [1.82, 2.24) is 9.88 Å². The lowest BCUT2D eigenvalue weighted by Crippen LogP contribution is -2.42. The Hall–Kier alpha value is -1.29. The summed E-state index contributed by atoms with van der Waals surface area (Å²) in [6.45, 7) is 7.73. The molecule has 0 radical (unpaired) electrons. The Kier molecular flexibility index (Phi) is 3.84. The minimum absolute atomic E-state index is 0.513. The highest BCUT2D eigenvalue weighted by molar-refractivity contribution is 5.51. The molecule has 4 heteroatoms. The van der Waals surface area contributed by atoms with Crippen molar-refractivity contribution in [3.63, 3.8) is 0 Å². The fourth-order valence-corrected chi connectivity index (χ4v) is 2.40. The number of nitrogens with one attached hydrogen (secondary N) is 1. The van der Waals surface area contributed by atoms with Gasteiger partial charge in [-0.15, -0.1) is 0 Å². The lowest BCUT2D eigenvalue weighted by atomic mass is 10.1. The minimum Gasteiger partial charge on any atom is -0.397 e. The average molecular weight is 234 g/mol. The second-order valence-corrected chi connectivity index (χ2v) is 4.81. The smallest absolute Gasteiger partial charge is 0.129 e. The van der Waals surface area contributed by atoms with Crippen molar-refractivity contribution in [3.8, 4) is 0 Å². The number of aryl methyl sites for hydroxylation is 1. The number of hydrogen-bond donors (Lipinski definition) is 2. The Morgan fingerprint density at radius 3 is 3.12 bits per heavy atom. The fraction of sp³-hybridized carbons (Fsp3) is 0.615. The molecular formula is C13H22N4. The molecule has 3 N–H and O–H groups in total. The van der Waals surface area contributed by atoms with E-state index in [1.807, 2.05) is 13.0 Å². The zero-order chi connectivity index (χ0) is 12.3. The van der Waals surface area contributed by atoms with E-state index in [1.165, 1.54) is 19.4 Å². The van der Waals surface area contributed by atoms with Gasteiger partial charge < -0.3 is 16.0 Å². The van der Waals surface area contributed by atoms with Crippen molar-refractivity contribution in [2.75, 3.05) is 30.7 Å². The molecule has 4 nitrogen and oxygen atoms in total. The van der Waals surface area contributed by atoms with Gasteiger partial charge in [0.2, 0.25) is 0 Å². The number of nitrogens with zero attached hydrogens (tertiary/aromatic N) is 2. The van der Waals surface area contributed by atoms with Gasteiger partial charge >= 0.3 is 0 Å². The van der Waals surface area contributed by atoms with E-state index in [0.29, 0.717) is 6.04 Å². The molecule has 0 aromatic carbocycles. The first-order chi connectivity index (χ1) is 8.19. The molecule has 0 bridgehead atoms. The molecule has 1 aromatic rings. The summed E-state index contributed by atoms with van der Waals surface area (Å²) in [6, 6.07) is 2.48. The molecule has 1 atom stereocenters. The third kappa shape index (κ3) is 3.09. The van der Waals surface area contributed by atoms with Crippen LogP contribution in [-0.4, -0.2) is 35.6 Å². The van der Waals surface area contributed by atoms with Crippen molar-refractivity contribution < 1.29 is 0 Å². The van der Waals surface area contributed by atoms with Crippen LogP contribution in [-0.2, 0) is 0 Å². The predicted molar refractivity (Wildman–Crippen MR) is 72.1 cm³/mol. The van der Waals surface area contributed by atoms with Crippen LogP contribution < -0.4 is 11.1 Å². The van der Waals surface area contributed by atoms with Gasteiger partial charge in [-0.05, 0) is 44.5 Å². The van der Waals surface area contributed by atoms with Gasteiger partial charge in [-0.25, -0.2) is 4.98 Å². The third-order valence-corrected chi connectivity index (χ3v) is 3.39. The Morgan fingerprint density at radius 2 is 2.41 bits per heavy atom. The molecule has 1 aromatic heterocycles. The number of likely N-dealkylation sites (tertiary alicyclic amines) is 1. The number of pyridine rings is 1. The standard InChI is InChI=1S/C13H22N4/c1-3-17-6-4-5-12(9-17)16-13-10(2)7-11(14)8-15-13/h7-8,12H,3-6,9,14H2,1-2H3,(H,15,16). The maximum absolute atomic E-state index is 5.71. The van der Waals surface area contributed by atoms with Crippen LogP contribution in [0.3, 0.4) is 0 Å². The number of anilines is 2. The van der Waals surface area contributed by atoms with Crippen LogP contribution in [0.5, 0.6) is 0 Å². The van der Waals surface area contributed by atoms with E-state index >= 15 is 0 Å². The number of piperidine rings is 1. The first kappa shape index (κ1) is 12.2. The average Bonchev–Trinajstić information content (AvgIpc) is 2.33. The molecule has 0 amide bonds. The van der Waals surface area contributed by atoms with Crippen molar-refractivity contribution >= 4 is 11.5 Å². The first-order valence-electron chi connectivity index (χ1n) is 6.40. The number of rotatable bonds is 3. The van der Waals surface area contributed by atoms with Crippen molar-refractivity contribution in [2.45, 2.75) is 32.7 Å². The van der Waals surface area contributed by atoms with Crippen LogP contribution in [0.2, 0.25) is 0 Å². The molecule has 1 unspecified atom stereocenters. The van der Waals surface area contributed by atoms with Crippen LogP contribution in [0, 0.1) is 6.92 Å². The molecule has 94 valence electrons. The molecule has 1 fully saturated rings. The van der Waals surface area contributed by atoms with E-state index in [9.17, 15) is 0 Å². The van der Waals surface area contributed by atoms with Crippen LogP contribution in [0.1, 0.15) is 25.3 Å². The highest BCUT2D eigenvalue weighted by atomic mass is 15.2. The largest absolute Gasteiger partial charge is 0.397 e. The maximum atomic E-state index is 5.71. The Morgan fingerprint density at radius 1 is 1.59 bits per heavy atom. The van der Waals surface area contributed by atoms with E-state index in [0.717, 1.165) is 30.2 Å². The summed E-state index contributed by atoms with van der Waals surface area (Å²) in [7, 11) is 0. The van der Waals surface area contributed by atoms with Gasteiger partial charge in [-0.3, -0.25) is 0 Å². The Labute approximate surface area is 103 Å². The summed E-state index contributed by atoms with van der Waals surface area (Å²) in [5.41, 5.74) is 7.56. The summed E-state index contributed by atoms with van der Waals surface area (Å²) in [5.74, 6) is 0.974. The topological polar surface area (TPSA) is 54.2 Å². The summed E-state index contributed by atoms with van der Waals surface area (Å²) in [6.07, 6.45) is 4.21. The van der Waals surface area contributed by atoms with Crippen molar-refractivity contribution in [1.29, 1.82) is 0 Å². The van der Waals surface area contributed by atoms with E-state index in [-0.39, 0.29) is 0 Å². The molecule has 17 heavy (non-hydrogen) atoms. The molecule has 0 spiro atoms. The van der Waals surface area contributed by atoms with Crippen LogP contribution in [0.25, 0.3) is 0 Å². The van der Waals surface area contributed by atoms with Gasteiger partial charge in [0.05, 0.1) is 11.9 Å². The fourth-order valence-electron chi connectivity index (χ4n) is 2.40. The van der Waals surface area contributed by atoms with Crippen molar-refractivity contribution in [2.24, 2.45) is 0 Å². The monoisotopic (exact) mass is 234 g/mol. The number of nitrogen functional groups attached to an aromatic ring is 1. The molecule has 2 heterocycles. The minimum atomic E-state index is 0.513. The van der Waals surface area contributed by atoms with Crippen molar-refractivity contribution in [3.05, 3.63) is 17.8 Å². The van der Waals surface area contributed by atoms with E-state index in [4.69, 9.17) is 5.73 Å². The molecule has 0 aliphatic carbocycles. The number of likely N-dealkylation sites (N-methyl/N-ethyl adjacent to an activating group) is 1. The maximum Gasteiger partial charge on any atom is 0.129 e. The lowest BCUT2D eigenvalue weighted by Gasteiger charge is -2.32. The molecule has 1 saturated heterocycles. The van der Waals surface area contributed by atoms with Gasteiger partial charge in [-0.2, -0.15) is 0 Å². The zero-order valence-corrected chi connectivity index (χ0v) is 10.7.